The van der Waals surface area contributed by atoms with Crippen molar-refractivity contribution in [2.75, 3.05) is 0 Å². The molecule has 206 valence electrons. The molecular formula is C39H30N4. The Bertz CT molecular complexity index is 2170. The fourth-order valence-electron chi connectivity index (χ4n) is 6.46. The van der Waals surface area contributed by atoms with E-state index >= 15 is 0 Å². The van der Waals surface area contributed by atoms with Gasteiger partial charge < -0.3 is 9.88 Å². The third-order valence-electron chi connectivity index (χ3n) is 8.62. The molecule has 0 aliphatic carbocycles. The van der Waals surface area contributed by atoms with Crippen LogP contribution in [0.15, 0.2) is 140 Å². The zero-order valence-corrected chi connectivity index (χ0v) is 23.9. The normalized spacial score (nSPS) is 14.7. The Balaban J connectivity index is 1.18. The average Bonchev–Trinajstić information content (AvgIpc) is 3.42. The van der Waals surface area contributed by atoms with Crippen molar-refractivity contribution in [2.45, 2.75) is 19.5 Å². The lowest BCUT2D eigenvalue weighted by atomic mass is 9.98. The Morgan fingerprint density at radius 3 is 2.19 bits per heavy atom. The fraction of sp³-hybridized carbons (Fsp3) is 0.0769. The quantitative estimate of drug-likeness (QED) is 0.231. The van der Waals surface area contributed by atoms with Gasteiger partial charge in [-0.05, 0) is 82.1 Å². The molecule has 1 aliphatic heterocycles. The van der Waals surface area contributed by atoms with Gasteiger partial charge in [0.05, 0.1) is 11.6 Å². The highest BCUT2D eigenvalue weighted by Crippen LogP contribution is 2.37. The Kier molecular flexibility index (Phi) is 6.11. The molecule has 0 saturated carbocycles. The van der Waals surface area contributed by atoms with Crippen molar-refractivity contribution in [3.8, 4) is 22.3 Å². The lowest BCUT2D eigenvalue weighted by Gasteiger charge is -2.22. The topological polar surface area (TPSA) is 42.7 Å². The van der Waals surface area contributed by atoms with Gasteiger partial charge in [0.2, 0.25) is 0 Å². The van der Waals surface area contributed by atoms with Gasteiger partial charge in [-0.1, -0.05) is 78.9 Å². The number of allylic oxidation sites excluding steroid dienone is 2. The van der Waals surface area contributed by atoms with Gasteiger partial charge in [0.25, 0.3) is 0 Å². The van der Waals surface area contributed by atoms with E-state index in [0.717, 1.165) is 17.8 Å². The van der Waals surface area contributed by atoms with Gasteiger partial charge >= 0.3 is 0 Å². The summed E-state index contributed by atoms with van der Waals surface area (Å²) < 4.78 is 2.47. The van der Waals surface area contributed by atoms with E-state index in [2.05, 4.69) is 124 Å². The Hall–Kier alpha value is -5.48. The molecule has 0 radical (unpaired) electrons. The molecule has 1 aliphatic rings. The summed E-state index contributed by atoms with van der Waals surface area (Å²) in [6.07, 6.45) is 13.9. The fourth-order valence-corrected chi connectivity index (χ4v) is 6.46. The average molecular weight is 555 g/mol. The predicted octanol–water partition coefficient (Wildman–Crippen LogP) is 9.33. The maximum absolute atomic E-state index is 4.30. The van der Waals surface area contributed by atoms with E-state index in [9.17, 15) is 0 Å². The minimum absolute atomic E-state index is 0.107. The zero-order valence-electron chi connectivity index (χ0n) is 23.9. The second kappa shape index (κ2) is 10.4. The Labute approximate surface area is 250 Å². The number of aryl methyl sites for hydroxylation is 1. The smallest absolute Gasteiger partial charge is 0.0716 e. The van der Waals surface area contributed by atoms with E-state index in [4.69, 9.17) is 0 Å². The number of pyridine rings is 2. The van der Waals surface area contributed by atoms with Gasteiger partial charge in [0, 0.05) is 58.7 Å². The molecule has 1 atom stereocenters. The zero-order chi connectivity index (χ0) is 28.8. The maximum atomic E-state index is 4.30. The SMILES string of the molecule is CCn1c2cc(-c3ccc(-c4ccncc4)cc3)ccc2c2ccc3cc(C4=CC=CC(c5cccnc5)N4)ccc3c21. The molecule has 1 unspecified atom stereocenters. The van der Waals surface area contributed by atoms with Crippen LogP contribution >= 0.6 is 0 Å². The lowest BCUT2D eigenvalue weighted by molar-refractivity contribution is 0.759. The Morgan fingerprint density at radius 1 is 0.674 bits per heavy atom. The molecule has 43 heavy (non-hydrogen) atoms. The summed E-state index contributed by atoms with van der Waals surface area (Å²) in [6, 6.07) is 35.4. The van der Waals surface area contributed by atoms with Gasteiger partial charge in [-0.2, -0.15) is 0 Å². The molecule has 8 rings (SSSR count). The molecule has 0 saturated heterocycles. The molecule has 0 fully saturated rings. The van der Waals surface area contributed by atoms with Crippen molar-refractivity contribution in [2.24, 2.45) is 0 Å². The van der Waals surface area contributed by atoms with Crippen LogP contribution in [0.25, 0.3) is 60.5 Å². The molecule has 4 nitrogen and oxygen atoms in total. The van der Waals surface area contributed by atoms with Crippen LogP contribution in [0.1, 0.15) is 24.1 Å². The summed E-state index contributed by atoms with van der Waals surface area (Å²) in [5.41, 5.74) is 10.8. The number of aromatic nitrogens is 3. The largest absolute Gasteiger partial charge is 0.374 e. The predicted molar refractivity (Wildman–Crippen MR) is 179 cm³/mol. The van der Waals surface area contributed by atoms with E-state index in [1.54, 1.807) is 0 Å². The highest BCUT2D eigenvalue weighted by atomic mass is 15.0. The number of hydrogen-bond donors (Lipinski definition) is 1. The molecule has 3 aromatic heterocycles. The number of benzene rings is 4. The van der Waals surface area contributed by atoms with E-state index in [1.807, 2.05) is 43.0 Å². The summed E-state index contributed by atoms with van der Waals surface area (Å²) in [7, 11) is 0. The standard InChI is InChI=1S/C39H30N4/c1-2-43-38-24-29(27-10-8-26(9-11-27)28-18-21-40-22-19-28)12-16-34(38)35-17-13-30-23-31(14-15-33(30)39(35)43)36-6-3-7-37(42-36)32-5-4-20-41-25-32/h3-25,37,42H,2H2,1H3. The molecule has 0 amide bonds. The van der Waals surface area contributed by atoms with Gasteiger partial charge in [-0.3, -0.25) is 9.97 Å². The van der Waals surface area contributed by atoms with Crippen molar-refractivity contribution in [3.05, 3.63) is 151 Å². The highest BCUT2D eigenvalue weighted by molar-refractivity contribution is 6.18. The summed E-state index contributed by atoms with van der Waals surface area (Å²) in [5, 5.41) is 8.80. The van der Waals surface area contributed by atoms with Gasteiger partial charge in [-0.15, -0.1) is 0 Å². The number of dihydropyridines is 1. The third-order valence-corrected chi connectivity index (χ3v) is 8.62. The van der Waals surface area contributed by atoms with Crippen molar-refractivity contribution >= 4 is 38.3 Å². The summed E-state index contributed by atoms with van der Waals surface area (Å²) in [4.78, 5) is 8.45. The monoisotopic (exact) mass is 554 g/mol. The molecule has 4 heterocycles. The minimum Gasteiger partial charge on any atom is -0.374 e. The first-order valence-corrected chi connectivity index (χ1v) is 14.8. The number of nitrogens with one attached hydrogen (secondary N) is 1. The van der Waals surface area contributed by atoms with E-state index < -0.39 is 0 Å². The number of hydrogen-bond acceptors (Lipinski definition) is 3. The number of fused-ring (bicyclic) bond motifs is 5. The third kappa shape index (κ3) is 4.39. The highest BCUT2D eigenvalue weighted by Gasteiger charge is 2.17. The summed E-state index contributed by atoms with van der Waals surface area (Å²) in [6.45, 7) is 3.14. The minimum atomic E-state index is 0.107. The van der Waals surface area contributed by atoms with Crippen LogP contribution in [0.3, 0.4) is 0 Å². The molecular weight excluding hydrogens is 524 g/mol. The van der Waals surface area contributed by atoms with Gasteiger partial charge in [0.15, 0.2) is 0 Å². The maximum Gasteiger partial charge on any atom is 0.0716 e. The van der Waals surface area contributed by atoms with Crippen LogP contribution in [0.4, 0.5) is 0 Å². The van der Waals surface area contributed by atoms with E-state index in [0.29, 0.717) is 0 Å². The number of nitrogens with zero attached hydrogens (tertiary/aromatic N) is 3. The van der Waals surface area contributed by atoms with Crippen LogP contribution in [0, 0.1) is 0 Å². The van der Waals surface area contributed by atoms with Crippen LogP contribution in [0.5, 0.6) is 0 Å². The van der Waals surface area contributed by atoms with Crippen molar-refractivity contribution in [1.29, 1.82) is 0 Å². The lowest BCUT2D eigenvalue weighted by Crippen LogP contribution is -2.20. The second-order valence-corrected chi connectivity index (χ2v) is 11.1. The molecule has 1 N–H and O–H groups in total. The van der Waals surface area contributed by atoms with E-state index in [1.165, 1.54) is 60.4 Å². The van der Waals surface area contributed by atoms with Crippen molar-refractivity contribution < 1.29 is 0 Å². The van der Waals surface area contributed by atoms with Gasteiger partial charge in [0.1, 0.15) is 0 Å². The van der Waals surface area contributed by atoms with E-state index in [-0.39, 0.29) is 6.04 Å². The molecule has 0 spiro atoms. The van der Waals surface area contributed by atoms with Crippen molar-refractivity contribution in [1.82, 2.24) is 19.9 Å². The van der Waals surface area contributed by atoms with Crippen LogP contribution in [-0.2, 0) is 6.54 Å². The van der Waals surface area contributed by atoms with Crippen LogP contribution in [-0.4, -0.2) is 14.5 Å². The number of rotatable bonds is 5. The van der Waals surface area contributed by atoms with Gasteiger partial charge in [-0.25, -0.2) is 0 Å². The first-order valence-electron chi connectivity index (χ1n) is 14.8. The first-order chi connectivity index (χ1) is 21.3. The molecule has 4 aromatic carbocycles. The molecule has 4 heteroatoms. The van der Waals surface area contributed by atoms with Crippen molar-refractivity contribution in [3.63, 3.8) is 0 Å². The van der Waals surface area contributed by atoms with Crippen LogP contribution in [0.2, 0.25) is 0 Å². The molecule has 0 bridgehead atoms. The first kappa shape index (κ1) is 25.2. The summed E-state index contributed by atoms with van der Waals surface area (Å²) >= 11 is 0. The second-order valence-electron chi connectivity index (χ2n) is 11.1. The molecule has 7 aromatic rings. The van der Waals surface area contributed by atoms with Crippen LogP contribution < -0.4 is 5.32 Å². The summed E-state index contributed by atoms with van der Waals surface area (Å²) in [5.74, 6) is 0. The Morgan fingerprint density at radius 2 is 1.40 bits per heavy atom.